The molecule has 1 aromatic carbocycles. The molecular weight excluding hydrogens is 552 g/mol. The molecule has 4 aromatic rings. The zero-order valence-electron chi connectivity index (χ0n) is 22.8. The second-order valence-corrected chi connectivity index (χ2v) is 10.4. The van der Waals surface area contributed by atoms with Crippen LogP contribution in [0.15, 0.2) is 45.7 Å². The highest BCUT2D eigenvalue weighted by molar-refractivity contribution is 7.17. The SMILES string of the molecule is COc1cccc(OC)c1-c1cc(C(=O)Nc2nnc(-n3nccc3N)s2)oc(=O)c1OCC1(OC)CCCCC1. The van der Waals surface area contributed by atoms with Crippen LogP contribution in [-0.4, -0.2) is 59.4 Å². The van der Waals surface area contributed by atoms with E-state index in [-0.39, 0.29) is 28.8 Å². The van der Waals surface area contributed by atoms with E-state index in [0.29, 0.717) is 28.0 Å². The van der Waals surface area contributed by atoms with Crippen LogP contribution in [0, 0.1) is 0 Å². The van der Waals surface area contributed by atoms with Crippen molar-refractivity contribution >= 4 is 28.2 Å². The van der Waals surface area contributed by atoms with E-state index < -0.39 is 17.1 Å². The quantitative estimate of drug-likeness (QED) is 0.278. The lowest BCUT2D eigenvalue weighted by molar-refractivity contribution is -0.0691. The molecule has 0 saturated heterocycles. The third-order valence-electron chi connectivity index (χ3n) is 6.99. The van der Waals surface area contributed by atoms with Crippen LogP contribution in [0.2, 0.25) is 0 Å². The first-order valence-corrected chi connectivity index (χ1v) is 13.7. The highest BCUT2D eigenvalue weighted by Crippen LogP contribution is 2.43. The Morgan fingerprint density at radius 3 is 2.49 bits per heavy atom. The van der Waals surface area contributed by atoms with Gasteiger partial charge in [-0.2, -0.15) is 9.78 Å². The minimum atomic E-state index is -0.843. The molecule has 3 heterocycles. The van der Waals surface area contributed by atoms with E-state index in [4.69, 9.17) is 29.1 Å². The highest BCUT2D eigenvalue weighted by Gasteiger charge is 2.34. The fourth-order valence-corrected chi connectivity index (χ4v) is 5.54. The molecule has 0 radical (unpaired) electrons. The first-order valence-electron chi connectivity index (χ1n) is 12.9. The van der Waals surface area contributed by atoms with Gasteiger partial charge in [-0.05, 0) is 31.0 Å². The van der Waals surface area contributed by atoms with Crippen molar-refractivity contribution in [1.29, 1.82) is 0 Å². The minimum absolute atomic E-state index is 0.0845. The smallest absolute Gasteiger partial charge is 0.379 e. The molecule has 5 rings (SSSR count). The predicted molar refractivity (Wildman–Crippen MR) is 151 cm³/mol. The number of nitrogen functional groups attached to an aromatic ring is 1. The fourth-order valence-electron chi connectivity index (χ4n) is 4.82. The molecule has 1 aliphatic carbocycles. The Kier molecular flexibility index (Phi) is 8.21. The molecule has 0 unspecified atom stereocenters. The maximum atomic E-state index is 13.4. The number of ether oxygens (including phenoxy) is 4. The van der Waals surface area contributed by atoms with Crippen LogP contribution in [0.5, 0.6) is 17.2 Å². The molecule has 0 spiro atoms. The summed E-state index contributed by atoms with van der Waals surface area (Å²) in [4.78, 5) is 26.7. The van der Waals surface area contributed by atoms with E-state index in [9.17, 15) is 9.59 Å². The number of nitrogens with zero attached hydrogens (tertiary/aromatic N) is 4. The van der Waals surface area contributed by atoms with Gasteiger partial charge in [-0.15, -0.1) is 10.2 Å². The number of carbonyl (C=O) groups is 1. The maximum absolute atomic E-state index is 13.4. The Bertz CT molecular complexity index is 1570. The van der Waals surface area contributed by atoms with E-state index in [1.807, 2.05) is 0 Å². The first kappa shape index (κ1) is 28.1. The van der Waals surface area contributed by atoms with Gasteiger partial charge in [0.25, 0.3) is 5.91 Å². The van der Waals surface area contributed by atoms with Gasteiger partial charge in [0, 0.05) is 18.7 Å². The summed E-state index contributed by atoms with van der Waals surface area (Å²) < 4.78 is 30.0. The number of rotatable bonds is 10. The van der Waals surface area contributed by atoms with Crippen molar-refractivity contribution in [3.8, 4) is 33.5 Å². The number of hydrogen-bond acceptors (Lipinski definition) is 12. The average Bonchev–Trinajstić information content (AvgIpc) is 3.64. The Morgan fingerprint density at radius 1 is 1.12 bits per heavy atom. The van der Waals surface area contributed by atoms with Gasteiger partial charge < -0.3 is 29.1 Å². The molecule has 3 N–H and O–H groups in total. The van der Waals surface area contributed by atoms with E-state index in [0.717, 1.165) is 43.4 Å². The minimum Gasteiger partial charge on any atom is -0.496 e. The van der Waals surface area contributed by atoms with Crippen LogP contribution in [-0.2, 0) is 4.74 Å². The third kappa shape index (κ3) is 5.74. The van der Waals surface area contributed by atoms with Gasteiger partial charge in [0.2, 0.25) is 16.0 Å². The van der Waals surface area contributed by atoms with Crippen molar-refractivity contribution in [2.45, 2.75) is 37.7 Å². The molecule has 13 nitrogen and oxygen atoms in total. The molecule has 1 amide bonds. The van der Waals surface area contributed by atoms with Gasteiger partial charge in [0.05, 0.1) is 26.0 Å². The second kappa shape index (κ2) is 12.0. The van der Waals surface area contributed by atoms with Gasteiger partial charge >= 0.3 is 5.63 Å². The number of nitrogens with one attached hydrogen (secondary N) is 1. The summed E-state index contributed by atoms with van der Waals surface area (Å²) >= 11 is 1.04. The second-order valence-electron chi connectivity index (χ2n) is 9.43. The van der Waals surface area contributed by atoms with Gasteiger partial charge in [0.1, 0.15) is 29.5 Å². The van der Waals surface area contributed by atoms with Crippen molar-refractivity contribution < 1.29 is 28.2 Å². The Labute approximate surface area is 239 Å². The lowest BCUT2D eigenvalue weighted by atomic mass is 9.85. The van der Waals surface area contributed by atoms with Gasteiger partial charge in [-0.3, -0.25) is 10.1 Å². The summed E-state index contributed by atoms with van der Waals surface area (Å²) in [5.41, 5.74) is 5.20. The lowest BCUT2D eigenvalue weighted by Gasteiger charge is -2.35. The van der Waals surface area contributed by atoms with Crippen LogP contribution in [0.4, 0.5) is 10.9 Å². The van der Waals surface area contributed by atoms with E-state index in [1.165, 1.54) is 31.2 Å². The number of anilines is 2. The summed E-state index contributed by atoms with van der Waals surface area (Å²) in [5.74, 6) is 0.102. The molecule has 216 valence electrons. The topological polar surface area (TPSA) is 166 Å². The maximum Gasteiger partial charge on any atom is 0.379 e. The first-order chi connectivity index (χ1) is 19.9. The number of carbonyl (C=O) groups excluding carboxylic acids is 1. The molecule has 0 aliphatic heterocycles. The van der Waals surface area contributed by atoms with E-state index in [2.05, 4.69) is 20.6 Å². The molecule has 0 atom stereocenters. The molecule has 3 aromatic heterocycles. The highest BCUT2D eigenvalue weighted by atomic mass is 32.1. The number of hydrogen-bond donors (Lipinski definition) is 2. The van der Waals surface area contributed by atoms with Gasteiger partial charge in [-0.1, -0.05) is 36.7 Å². The van der Waals surface area contributed by atoms with Crippen molar-refractivity contribution in [1.82, 2.24) is 20.0 Å². The fraction of sp³-hybridized carbons (Fsp3) is 0.370. The molecule has 0 bridgehead atoms. The lowest BCUT2D eigenvalue weighted by Crippen LogP contribution is -2.40. The Hall–Kier alpha value is -4.43. The molecular formula is C27H30N6O7S. The molecule has 1 aliphatic rings. The van der Waals surface area contributed by atoms with Crippen LogP contribution in [0.3, 0.4) is 0 Å². The van der Waals surface area contributed by atoms with Crippen molar-refractivity contribution in [2.75, 3.05) is 39.0 Å². The predicted octanol–water partition coefficient (Wildman–Crippen LogP) is 3.92. The van der Waals surface area contributed by atoms with Crippen LogP contribution in [0.1, 0.15) is 42.7 Å². The largest absolute Gasteiger partial charge is 0.496 e. The van der Waals surface area contributed by atoms with Crippen molar-refractivity contribution in [3.63, 3.8) is 0 Å². The normalized spacial score (nSPS) is 14.4. The number of amides is 1. The zero-order valence-corrected chi connectivity index (χ0v) is 23.7. The zero-order chi connectivity index (χ0) is 29.0. The summed E-state index contributed by atoms with van der Waals surface area (Å²) in [7, 11) is 4.65. The van der Waals surface area contributed by atoms with Gasteiger partial charge in [-0.25, -0.2) is 4.79 Å². The van der Waals surface area contributed by atoms with Crippen LogP contribution < -0.4 is 30.9 Å². The Morgan fingerprint density at radius 2 is 1.85 bits per heavy atom. The summed E-state index contributed by atoms with van der Waals surface area (Å²) in [6.07, 6.45) is 6.24. The van der Waals surface area contributed by atoms with Crippen LogP contribution >= 0.6 is 11.3 Å². The average molecular weight is 583 g/mol. The van der Waals surface area contributed by atoms with Crippen molar-refractivity contribution in [3.05, 3.63) is 52.7 Å². The number of aromatic nitrogens is 4. The third-order valence-corrected chi connectivity index (χ3v) is 7.81. The summed E-state index contributed by atoms with van der Waals surface area (Å²) in [5, 5.41) is 15.2. The van der Waals surface area contributed by atoms with Crippen LogP contribution in [0.25, 0.3) is 16.3 Å². The Balaban J connectivity index is 1.52. The van der Waals surface area contributed by atoms with Crippen molar-refractivity contribution in [2.24, 2.45) is 0 Å². The van der Waals surface area contributed by atoms with E-state index in [1.54, 1.807) is 31.4 Å². The molecule has 1 saturated carbocycles. The van der Waals surface area contributed by atoms with Gasteiger partial charge in [0.15, 0.2) is 5.76 Å². The molecule has 14 heteroatoms. The standard InChI is InChI=1S/C27H30N6O7S/c1-36-17-8-7-9-18(37-2)21(17)16-14-19(23(34)30-25-31-32-26(41-25)33-20(28)10-13-29-33)40-24(35)22(16)39-15-27(38-3)11-5-4-6-12-27/h7-10,13-14H,4-6,11-12,15,28H2,1-3H3,(H,30,31,34). The molecule has 1 fully saturated rings. The monoisotopic (exact) mass is 582 g/mol. The number of nitrogens with two attached hydrogens (primary N) is 1. The summed E-state index contributed by atoms with van der Waals surface area (Å²) in [6, 6.07) is 8.21. The summed E-state index contributed by atoms with van der Waals surface area (Å²) in [6.45, 7) is 0.133. The number of methoxy groups -OCH3 is 3. The number of benzene rings is 1. The molecule has 41 heavy (non-hydrogen) atoms. The van der Waals surface area contributed by atoms with E-state index >= 15 is 0 Å².